The van der Waals surface area contributed by atoms with Gasteiger partial charge in [-0.25, -0.2) is 0 Å². The van der Waals surface area contributed by atoms with Crippen molar-refractivity contribution in [2.45, 2.75) is 41.0 Å². The molecular formula is C18H26N2O3. The van der Waals surface area contributed by atoms with Crippen molar-refractivity contribution in [3.8, 4) is 5.75 Å². The molecule has 1 aromatic rings. The van der Waals surface area contributed by atoms with Crippen LogP contribution in [0.5, 0.6) is 5.75 Å². The van der Waals surface area contributed by atoms with Crippen LogP contribution in [0.15, 0.2) is 55.0 Å². The number of rotatable bonds is 7. The minimum absolute atomic E-state index is 0.205. The maximum atomic E-state index is 10.6. The van der Waals surface area contributed by atoms with Gasteiger partial charge in [-0.1, -0.05) is 46.8 Å². The van der Waals surface area contributed by atoms with E-state index < -0.39 is 4.92 Å². The van der Waals surface area contributed by atoms with E-state index in [1.54, 1.807) is 0 Å². The first-order valence-electron chi connectivity index (χ1n) is 7.69. The highest BCUT2D eigenvalue weighted by Crippen LogP contribution is 2.23. The minimum Gasteiger partial charge on any atom is -0.454 e. The predicted octanol–water partition coefficient (Wildman–Crippen LogP) is 5.46. The van der Waals surface area contributed by atoms with Crippen LogP contribution in [0, 0.1) is 15.5 Å². The van der Waals surface area contributed by atoms with E-state index in [0.717, 1.165) is 6.42 Å². The van der Waals surface area contributed by atoms with Gasteiger partial charge in [0.05, 0.1) is 0 Å². The van der Waals surface area contributed by atoms with E-state index in [1.807, 2.05) is 58.9 Å². The molecule has 5 heteroatoms. The smallest absolute Gasteiger partial charge is 0.363 e. The third kappa shape index (κ3) is 7.95. The molecule has 0 aliphatic heterocycles. The molecule has 1 rings (SSSR count). The molecule has 0 saturated heterocycles. The van der Waals surface area contributed by atoms with Crippen LogP contribution in [0.25, 0.3) is 0 Å². The lowest BCUT2D eigenvalue weighted by molar-refractivity contribution is -0.389. The molecule has 0 aromatic carbocycles. The summed E-state index contributed by atoms with van der Waals surface area (Å²) in [6.07, 6.45) is 9.83. The van der Waals surface area contributed by atoms with Gasteiger partial charge in [-0.2, -0.15) is 0 Å². The molecule has 0 unspecified atom stereocenters. The molecular weight excluding hydrogens is 292 g/mol. The molecule has 1 heterocycles. The molecule has 5 nitrogen and oxygen atoms in total. The fourth-order valence-electron chi connectivity index (χ4n) is 1.45. The van der Waals surface area contributed by atoms with Gasteiger partial charge in [0, 0.05) is 11.5 Å². The Labute approximate surface area is 138 Å². The van der Waals surface area contributed by atoms with Gasteiger partial charge in [0.15, 0.2) is 11.9 Å². The van der Waals surface area contributed by atoms with E-state index in [9.17, 15) is 10.1 Å². The van der Waals surface area contributed by atoms with Crippen molar-refractivity contribution in [3.63, 3.8) is 0 Å². The highest BCUT2D eigenvalue weighted by molar-refractivity contribution is 5.30. The zero-order valence-corrected chi connectivity index (χ0v) is 14.6. The van der Waals surface area contributed by atoms with E-state index >= 15 is 0 Å². The summed E-state index contributed by atoms with van der Waals surface area (Å²) in [7, 11) is 0. The second-order valence-electron chi connectivity index (χ2n) is 5.09. The average Bonchev–Trinajstić information content (AvgIpc) is 2.54. The second kappa shape index (κ2) is 10.3. The first-order chi connectivity index (χ1) is 10.9. The first kappa shape index (κ1) is 20.6. The van der Waals surface area contributed by atoms with Crippen LogP contribution in [0.4, 0.5) is 5.82 Å². The van der Waals surface area contributed by atoms with Gasteiger partial charge in [0.1, 0.15) is 5.76 Å². The molecule has 126 valence electrons. The summed E-state index contributed by atoms with van der Waals surface area (Å²) in [5.41, 5.74) is -0.221. The first-order valence-corrected chi connectivity index (χ1v) is 7.69. The molecule has 0 aliphatic rings. The van der Waals surface area contributed by atoms with Gasteiger partial charge in [0.25, 0.3) is 0 Å². The van der Waals surface area contributed by atoms with E-state index in [-0.39, 0.29) is 11.2 Å². The zero-order valence-electron chi connectivity index (χ0n) is 14.6. The van der Waals surface area contributed by atoms with Crippen molar-refractivity contribution >= 4 is 5.82 Å². The van der Waals surface area contributed by atoms with Crippen LogP contribution in [0.3, 0.4) is 0 Å². The van der Waals surface area contributed by atoms with Crippen molar-refractivity contribution in [1.29, 1.82) is 0 Å². The molecule has 0 amide bonds. The number of nitrogens with zero attached hydrogens (tertiary/aromatic N) is 2. The Bertz CT molecular complexity index is 558. The molecule has 0 N–H and O–H groups in total. The van der Waals surface area contributed by atoms with E-state index in [4.69, 9.17) is 4.74 Å². The number of ether oxygens (including phenoxy) is 1. The number of aromatic nitrogens is 1. The molecule has 0 aliphatic carbocycles. The highest BCUT2D eigenvalue weighted by Gasteiger charge is 2.12. The van der Waals surface area contributed by atoms with Crippen molar-refractivity contribution < 1.29 is 9.66 Å². The topological polar surface area (TPSA) is 65.3 Å². The molecule has 0 saturated carbocycles. The predicted molar refractivity (Wildman–Crippen MR) is 94.4 cm³/mol. The van der Waals surface area contributed by atoms with E-state index in [0.29, 0.717) is 11.5 Å². The molecule has 0 fully saturated rings. The van der Waals surface area contributed by atoms with Crippen LogP contribution < -0.4 is 4.74 Å². The average molecular weight is 318 g/mol. The monoisotopic (exact) mass is 318 g/mol. The van der Waals surface area contributed by atoms with Gasteiger partial charge in [-0.15, -0.1) is 6.58 Å². The number of hydrogen-bond acceptors (Lipinski definition) is 4. The molecule has 0 radical (unpaired) electrons. The molecule has 1 aromatic heterocycles. The highest BCUT2D eigenvalue weighted by atomic mass is 16.6. The summed E-state index contributed by atoms with van der Waals surface area (Å²) in [5, 5.41) is 10.6. The number of hydrogen-bond donors (Lipinski definition) is 0. The van der Waals surface area contributed by atoms with Gasteiger partial charge in [-0.3, -0.25) is 0 Å². The number of pyridine rings is 1. The Kier molecular flexibility index (Phi) is 9.23. The number of allylic oxidation sites excluding steroid dienone is 4. The third-order valence-electron chi connectivity index (χ3n) is 2.70. The second-order valence-corrected chi connectivity index (χ2v) is 5.09. The maximum Gasteiger partial charge on any atom is 0.363 e. The summed E-state index contributed by atoms with van der Waals surface area (Å²) >= 11 is 0. The normalized spacial score (nSPS) is 11.6. The molecule has 23 heavy (non-hydrogen) atoms. The van der Waals surface area contributed by atoms with Crippen molar-refractivity contribution in [2.24, 2.45) is 5.41 Å². The summed E-state index contributed by atoms with van der Waals surface area (Å²) in [5.74, 6) is 0.897. The molecule has 0 atom stereocenters. The largest absolute Gasteiger partial charge is 0.454 e. The van der Waals surface area contributed by atoms with Crippen LogP contribution >= 0.6 is 0 Å². The standard InChI is InChI=1S/C16H20N2O3.C2H6/c1-5-7-8-13(11-16(3,4)6-2)21-14-9-10-15(17-12-14)18(19)20;1-2/h6-12H,2,5H2,1,3-4H3;1-2H3/b8-7-,13-11+;. The summed E-state index contributed by atoms with van der Waals surface area (Å²) < 4.78 is 5.73. The Hall–Kier alpha value is -2.43. The van der Waals surface area contributed by atoms with Crippen LogP contribution in [0.2, 0.25) is 0 Å². The van der Waals surface area contributed by atoms with Crippen LogP contribution in [0.1, 0.15) is 41.0 Å². The molecule has 0 spiro atoms. The number of nitro groups is 1. The van der Waals surface area contributed by atoms with Gasteiger partial charge >= 0.3 is 5.82 Å². The minimum atomic E-state index is -0.543. The summed E-state index contributed by atoms with van der Waals surface area (Å²) in [6, 6.07) is 2.84. The van der Waals surface area contributed by atoms with Crippen molar-refractivity contribution in [1.82, 2.24) is 4.98 Å². The Morgan fingerprint density at radius 2 is 2.09 bits per heavy atom. The zero-order chi connectivity index (χ0) is 17.9. The lowest BCUT2D eigenvalue weighted by Crippen LogP contribution is -2.06. The Balaban J connectivity index is 0.00000232. The van der Waals surface area contributed by atoms with Gasteiger partial charge < -0.3 is 14.9 Å². The molecule has 0 bridgehead atoms. The van der Waals surface area contributed by atoms with Crippen LogP contribution in [-0.2, 0) is 0 Å². The van der Waals surface area contributed by atoms with Gasteiger partial charge in [-0.05, 0) is 34.5 Å². The quantitative estimate of drug-likeness (QED) is 0.220. The van der Waals surface area contributed by atoms with Crippen molar-refractivity contribution in [3.05, 3.63) is 65.1 Å². The van der Waals surface area contributed by atoms with Crippen molar-refractivity contribution in [2.75, 3.05) is 0 Å². The van der Waals surface area contributed by atoms with Gasteiger partial charge in [0.2, 0.25) is 0 Å². The lowest BCUT2D eigenvalue weighted by Gasteiger charge is -2.16. The SMILES string of the molecule is C=CC(C)(C)/C=C(\C=C/CC)Oc1ccc([N+](=O)[O-])nc1.CC. The fourth-order valence-corrected chi connectivity index (χ4v) is 1.45. The maximum absolute atomic E-state index is 10.6. The summed E-state index contributed by atoms with van der Waals surface area (Å²) in [6.45, 7) is 13.8. The van der Waals surface area contributed by atoms with Crippen LogP contribution in [-0.4, -0.2) is 9.91 Å². The van der Waals surface area contributed by atoms with E-state index in [2.05, 4.69) is 11.6 Å². The Morgan fingerprint density at radius 1 is 1.43 bits per heavy atom. The lowest BCUT2D eigenvalue weighted by atomic mass is 9.93. The fraction of sp³-hybridized carbons (Fsp3) is 0.389. The third-order valence-corrected chi connectivity index (χ3v) is 2.70. The summed E-state index contributed by atoms with van der Waals surface area (Å²) in [4.78, 5) is 13.8. The Morgan fingerprint density at radius 3 is 2.52 bits per heavy atom. The van der Waals surface area contributed by atoms with E-state index in [1.165, 1.54) is 18.3 Å².